The lowest BCUT2D eigenvalue weighted by Crippen LogP contribution is -2.22. The van der Waals surface area contributed by atoms with Crippen molar-refractivity contribution in [2.24, 2.45) is 0 Å². The fourth-order valence-corrected chi connectivity index (χ4v) is 4.09. The Morgan fingerprint density at radius 2 is 1.75 bits per heavy atom. The fraction of sp³-hybridized carbons (Fsp3) is 0.350. The van der Waals surface area contributed by atoms with Gasteiger partial charge < -0.3 is 10.2 Å². The largest absolute Gasteiger partial charge is 0.371 e. The van der Waals surface area contributed by atoms with Crippen LogP contribution < -0.4 is 10.2 Å². The monoisotopic (exact) mass is 386 g/mol. The Morgan fingerprint density at radius 1 is 1.08 bits per heavy atom. The van der Waals surface area contributed by atoms with Gasteiger partial charge in [-0.1, -0.05) is 18.2 Å². The van der Waals surface area contributed by atoms with Gasteiger partial charge in [0.1, 0.15) is 0 Å². The second kappa shape index (κ2) is 6.98. The minimum atomic E-state index is -0.0788. The number of hydrogen-bond donors (Lipinski definition) is 1. The lowest BCUT2D eigenvalue weighted by atomic mass is 10.0. The molecule has 1 heterocycles. The van der Waals surface area contributed by atoms with Crippen molar-refractivity contribution in [3.8, 4) is 0 Å². The number of anilines is 2. The van der Waals surface area contributed by atoms with Crippen molar-refractivity contribution < 1.29 is 4.79 Å². The molecule has 2 aromatic carbocycles. The molecule has 3 nitrogen and oxygen atoms in total. The molecule has 0 spiro atoms. The maximum Gasteiger partial charge on any atom is 0.256 e. The van der Waals surface area contributed by atoms with Gasteiger partial charge in [0.25, 0.3) is 5.91 Å². The first-order valence-electron chi connectivity index (χ1n) is 8.40. The van der Waals surface area contributed by atoms with Gasteiger partial charge in [0, 0.05) is 28.9 Å². The van der Waals surface area contributed by atoms with Gasteiger partial charge in [0.05, 0.1) is 5.56 Å². The summed E-state index contributed by atoms with van der Waals surface area (Å²) in [5, 5.41) is 3.13. The normalized spacial score (nSPS) is 14.1. The van der Waals surface area contributed by atoms with E-state index in [1.54, 1.807) is 0 Å². The van der Waals surface area contributed by atoms with Gasteiger partial charge >= 0.3 is 0 Å². The number of halogens is 1. The number of nitrogens with zero attached hydrogens (tertiary/aromatic N) is 1. The molecule has 1 aliphatic rings. The van der Waals surface area contributed by atoms with Gasteiger partial charge in [-0.25, -0.2) is 0 Å². The lowest BCUT2D eigenvalue weighted by Gasteiger charge is -2.26. The van der Waals surface area contributed by atoms with Crippen LogP contribution in [0.1, 0.15) is 39.9 Å². The molecule has 1 aliphatic heterocycles. The van der Waals surface area contributed by atoms with Crippen LogP contribution in [0.15, 0.2) is 34.8 Å². The topological polar surface area (TPSA) is 32.3 Å². The lowest BCUT2D eigenvalue weighted by molar-refractivity contribution is 0.102. The second-order valence-corrected chi connectivity index (χ2v) is 7.34. The van der Waals surface area contributed by atoms with Crippen LogP contribution in [0.4, 0.5) is 11.4 Å². The number of carbonyl (C=O) groups is 1. The minimum absolute atomic E-state index is 0.0788. The van der Waals surface area contributed by atoms with E-state index in [4.69, 9.17) is 0 Å². The standard InChI is InChI=1S/C20H23BrN2O/c1-13-12-14(2)19(23-10-6-7-11-23)15(3)18(13)22-20(24)16-8-4-5-9-17(16)21/h4-5,8-9,12H,6-7,10-11H2,1-3H3,(H,22,24). The van der Waals surface area contributed by atoms with Crippen LogP contribution in [0.3, 0.4) is 0 Å². The molecule has 2 aromatic rings. The zero-order valence-corrected chi connectivity index (χ0v) is 16.0. The van der Waals surface area contributed by atoms with Gasteiger partial charge in [-0.3, -0.25) is 4.79 Å². The number of aryl methyl sites for hydroxylation is 2. The SMILES string of the molecule is Cc1cc(C)c(N2CCCC2)c(C)c1NC(=O)c1ccccc1Br. The first-order valence-corrected chi connectivity index (χ1v) is 9.20. The number of carbonyl (C=O) groups excluding carboxylic acids is 1. The number of hydrogen-bond acceptors (Lipinski definition) is 2. The molecule has 0 atom stereocenters. The first kappa shape index (κ1) is 17.0. The molecule has 4 heteroatoms. The summed E-state index contributed by atoms with van der Waals surface area (Å²) in [5.41, 5.74) is 6.41. The van der Waals surface area contributed by atoms with Crippen molar-refractivity contribution in [3.63, 3.8) is 0 Å². The Bertz CT molecular complexity index is 779. The Balaban J connectivity index is 1.97. The summed E-state index contributed by atoms with van der Waals surface area (Å²) in [6.07, 6.45) is 2.48. The Morgan fingerprint density at radius 3 is 2.42 bits per heavy atom. The summed E-state index contributed by atoms with van der Waals surface area (Å²) >= 11 is 3.46. The summed E-state index contributed by atoms with van der Waals surface area (Å²) < 4.78 is 0.810. The molecule has 0 radical (unpaired) electrons. The molecule has 1 amide bonds. The Labute approximate surface area is 152 Å². The van der Waals surface area contributed by atoms with E-state index in [0.717, 1.165) is 34.4 Å². The fourth-order valence-electron chi connectivity index (χ4n) is 3.62. The van der Waals surface area contributed by atoms with Gasteiger partial charge in [0.15, 0.2) is 0 Å². The molecular formula is C20H23BrN2O. The number of rotatable bonds is 3. The minimum Gasteiger partial charge on any atom is -0.371 e. The van der Waals surface area contributed by atoms with E-state index >= 15 is 0 Å². The molecule has 0 aliphatic carbocycles. The molecule has 1 fully saturated rings. The van der Waals surface area contributed by atoms with Crippen LogP contribution in [-0.2, 0) is 0 Å². The summed E-state index contributed by atoms with van der Waals surface area (Å²) in [6, 6.07) is 9.69. The highest BCUT2D eigenvalue weighted by Gasteiger charge is 2.21. The van der Waals surface area contributed by atoms with Crippen LogP contribution >= 0.6 is 15.9 Å². The summed E-state index contributed by atoms with van der Waals surface area (Å²) in [6.45, 7) is 8.53. The highest BCUT2D eigenvalue weighted by atomic mass is 79.9. The van der Waals surface area contributed by atoms with E-state index in [2.05, 4.69) is 53.0 Å². The predicted octanol–water partition coefficient (Wildman–Crippen LogP) is 5.23. The summed E-state index contributed by atoms with van der Waals surface area (Å²) in [4.78, 5) is 15.1. The highest BCUT2D eigenvalue weighted by molar-refractivity contribution is 9.10. The van der Waals surface area contributed by atoms with E-state index in [0.29, 0.717) is 5.56 Å². The zero-order chi connectivity index (χ0) is 17.3. The van der Waals surface area contributed by atoms with E-state index in [9.17, 15) is 4.79 Å². The van der Waals surface area contributed by atoms with Gasteiger partial charge in [-0.05, 0) is 78.4 Å². The third-order valence-electron chi connectivity index (χ3n) is 4.71. The van der Waals surface area contributed by atoms with E-state index in [1.165, 1.54) is 24.1 Å². The second-order valence-electron chi connectivity index (χ2n) is 6.49. The Hall–Kier alpha value is -1.81. The molecule has 0 aromatic heterocycles. The van der Waals surface area contributed by atoms with Crippen LogP contribution in [-0.4, -0.2) is 19.0 Å². The van der Waals surface area contributed by atoms with Crippen molar-refractivity contribution in [1.82, 2.24) is 0 Å². The van der Waals surface area contributed by atoms with E-state index in [-0.39, 0.29) is 5.91 Å². The maximum atomic E-state index is 12.7. The molecule has 0 saturated carbocycles. The number of amides is 1. The quantitative estimate of drug-likeness (QED) is 0.783. The average molecular weight is 387 g/mol. The molecule has 1 N–H and O–H groups in total. The highest BCUT2D eigenvalue weighted by Crippen LogP contribution is 2.35. The zero-order valence-electron chi connectivity index (χ0n) is 14.4. The molecule has 3 rings (SSSR count). The van der Waals surface area contributed by atoms with Gasteiger partial charge in [-0.2, -0.15) is 0 Å². The van der Waals surface area contributed by atoms with Crippen molar-refractivity contribution in [1.29, 1.82) is 0 Å². The van der Waals surface area contributed by atoms with Gasteiger partial charge in [-0.15, -0.1) is 0 Å². The molecular weight excluding hydrogens is 364 g/mol. The smallest absolute Gasteiger partial charge is 0.256 e. The van der Waals surface area contributed by atoms with Crippen LogP contribution in [0.2, 0.25) is 0 Å². The number of benzene rings is 2. The first-order chi connectivity index (χ1) is 11.5. The molecule has 0 unspecified atom stereocenters. The van der Waals surface area contributed by atoms with Crippen molar-refractivity contribution in [2.45, 2.75) is 33.6 Å². The van der Waals surface area contributed by atoms with Crippen molar-refractivity contribution in [2.75, 3.05) is 23.3 Å². The molecule has 1 saturated heterocycles. The Kier molecular flexibility index (Phi) is 4.95. The van der Waals surface area contributed by atoms with E-state index in [1.807, 2.05) is 24.3 Å². The third kappa shape index (κ3) is 3.20. The molecule has 126 valence electrons. The van der Waals surface area contributed by atoms with Crippen LogP contribution in [0.5, 0.6) is 0 Å². The van der Waals surface area contributed by atoms with Crippen LogP contribution in [0.25, 0.3) is 0 Å². The average Bonchev–Trinajstić information content (AvgIpc) is 3.05. The van der Waals surface area contributed by atoms with Crippen LogP contribution in [0, 0.1) is 20.8 Å². The number of nitrogens with one attached hydrogen (secondary N) is 1. The molecule has 0 bridgehead atoms. The third-order valence-corrected chi connectivity index (χ3v) is 5.40. The van der Waals surface area contributed by atoms with Crippen molar-refractivity contribution in [3.05, 3.63) is 57.1 Å². The van der Waals surface area contributed by atoms with Crippen molar-refractivity contribution >= 4 is 33.2 Å². The summed E-state index contributed by atoms with van der Waals surface area (Å²) in [5.74, 6) is -0.0788. The summed E-state index contributed by atoms with van der Waals surface area (Å²) in [7, 11) is 0. The predicted molar refractivity (Wildman–Crippen MR) is 104 cm³/mol. The maximum absolute atomic E-state index is 12.7. The van der Waals surface area contributed by atoms with Gasteiger partial charge in [0.2, 0.25) is 0 Å². The van der Waals surface area contributed by atoms with E-state index < -0.39 is 0 Å². The molecule has 24 heavy (non-hydrogen) atoms.